The predicted molar refractivity (Wildman–Crippen MR) is 208 cm³/mol. The summed E-state index contributed by atoms with van der Waals surface area (Å²) in [5.41, 5.74) is 3.97. The minimum Gasteiger partial charge on any atom is -0.488 e. The summed E-state index contributed by atoms with van der Waals surface area (Å²) < 4.78 is 15.4. The van der Waals surface area contributed by atoms with Crippen LogP contribution in [0.15, 0.2) is 77.7 Å². The fraction of sp³-hybridized carbons (Fsp3) is 0.350. The highest BCUT2D eigenvalue weighted by Gasteiger charge is 2.32. The van der Waals surface area contributed by atoms with Gasteiger partial charge >= 0.3 is 5.97 Å². The summed E-state index contributed by atoms with van der Waals surface area (Å²) >= 11 is 10.6. The third-order valence-electron chi connectivity index (χ3n) is 9.67. The van der Waals surface area contributed by atoms with Gasteiger partial charge in [-0.15, -0.1) is 0 Å². The van der Waals surface area contributed by atoms with Crippen LogP contribution in [0.3, 0.4) is 0 Å². The van der Waals surface area contributed by atoms with Crippen LogP contribution in [0, 0.1) is 11.3 Å². The zero-order valence-electron chi connectivity index (χ0n) is 29.8. The van der Waals surface area contributed by atoms with Gasteiger partial charge in [0, 0.05) is 71.2 Å². The van der Waals surface area contributed by atoms with Gasteiger partial charge in [0.1, 0.15) is 36.3 Å². The fourth-order valence-electron chi connectivity index (χ4n) is 6.42. The molecule has 3 aromatic carbocycles. The van der Waals surface area contributed by atoms with Crippen LogP contribution >= 0.6 is 27.5 Å². The Balaban J connectivity index is 1.19. The van der Waals surface area contributed by atoms with E-state index in [1.807, 2.05) is 24.4 Å². The van der Waals surface area contributed by atoms with Crippen LogP contribution in [0.1, 0.15) is 48.4 Å². The molecule has 0 saturated carbocycles. The van der Waals surface area contributed by atoms with Crippen molar-refractivity contribution >= 4 is 44.4 Å². The maximum absolute atomic E-state index is 11.8. The van der Waals surface area contributed by atoms with E-state index in [0.29, 0.717) is 28.2 Å². The Morgan fingerprint density at radius 3 is 2.59 bits per heavy atom. The lowest BCUT2D eigenvalue weighted by molar-refractivity contribution is -0.145. The molecule has 0 amide bonds. The molecule has 0 aliphatic carbocycles. The second kappa shape index (κ2) is 17.7. The molecule has 3 heterocycles. The topological polar surface area (TPSA) is 166 Å². The molecule has 2 atom stereocenters. The number of benzene rings is 3. The highest BCUT2D eigenvalue weighted by atomic mass is 79.9. The van der Waals surface area contributed by atoms with Gasteiger partial charge in [0.05, 0.1) is 35.0 Å². The molecular formula is C40H42BrClN6O6. The number of aliphatic hydroxyl groups is 2. The van der Waals surface area contributed by atoms with E-state index in [2.05, 4.69) is 60.1 Å². The molecule has 0 bridgehead atoms. The number of fused-ring (bicyclic) bond motifs is 1. The van der Waals surface area contributed by atoms with E-state index in [4.69, 9.17) is 26.2 Å². The summed E-state index contributed by atoms with van der Waals surface area (Å²) in [6.45, 7) is 4.54. The number of carbonyl (C=O) groups is 1. The highest BCUT2D eigenvalue weighted by Crippen LogP contribution is 2.38. The van der Waals surface area contributed by atoms with Crippen molar-refractivity contribution in [3.8, 4) is 28.7 Å². The maximum Gasteiger partial charge on any atom is 0.326 e. The molecule has 1 saturated heterocycles. The number of aliphatic hydroxyl groups excluding tert-OH is 2. The number of aliphatic carboxylic acids is 1. The average Bonchev–Trinajstić information content (AvgIpc) is 3.80. The first-order chi connectivity index (χ1) is 26.1. The largest absolute Gasteiger partial charge is 0.488 e. The SMILES string of the molecule is CC(CO)(NCc1cc(Cl)c(OCc2cccc(-c3cccc4c3cnn4CCCCN3CC[C@@H](O)C3)c2Br)cc1OCc1cncc(C#N)c1)C(=O)O. The van der Waals surface area contributed by atoms with Crippen LogP contribution in [0.2, 0.25) is 5.02 Å². The molecule has 4 N–H and O–H groups in total. The molecule has 6 rings (SSSR count). The summed E-state index contributed by atoms with van der Waals surface area (Å²) in [7, 11) is 0. The van der Waals surface area contributed by atoms with Crippen LogP contribution in [0.5, 0.6) is 11.5 Å². The Bertz CT molecular complexity index is 2160. The number of aryl methyl sites for hydroxylation is 1. The second-order valence-corrected chi connectivity index (χ2v) is 14.8. The number of nitriles is 1. The van der Waals surface area contributed by atoms with Crippen molar-refractivity contribution in [1.29, 1.82) is 5.26 Å². The summed E-state index contributed by atoms with van der Waals surface area (Å²) in [4.78, 5) is 18.2. The van der Waals surface area contributed by atoms with Crippen molar-refractivity contribution in [3.05, 3.63) is 105 Å². The standard InChI is InChI=1S/C40H42BrClN6O6/c1-40(25-49,39(51)52)45-20-29-15-34(42)37(16-36(29)53-23-27-14-26(17-43)18-44-19-27)54-24-28-6-4-8-32(38(28)41)31-7-5-9-35-33(31)21-46-48(35)12-3-2-11-47-13-10-30(50)22-47/h4-9,14-16,18-19,21,30,45,49-50H,2-3,10-13,20,22-25H2,1H3,(H,51,52)/t30-,40?/m1/s1. The third kappa shape index (κ3) is 9.21. The van der Waals surface area contributed by atoms with Gasteiger partial charge in [0.2, 0.25) is 0 Å². The van der Waals surface area contributed by atoms with Crippen molar-refractivity contribution in [2.24, 2.45) is 0 Å². The number of hydrogen-bond donors (Lipinski definition) is 4. The first kappa shape index (κ1) is 39.2. The number of rotatable bonds is 17. The van der Waals surface area contributed by atoms with Crippen LogP contribution < -0.4 is 14.8 Å². The number of halogens is 2. The van der Waals surface area contributed by atoms with Gasteiger partial charge in [-0.1, -0.05) is 41.9 Å². The number of β-amino-alcohol motifs (C(OH)–C–C–N with tert-alkyl or cyclic N) is 1. The minimum absolute atomic E-state index is 0.0223. The van der Waals surface area contributed by atoms with E-state index in [9.17, 15) is 25.4 Å². The predicted octanol–water partition coefficient (Wildman–Crippen LogP) is 6.32. The molecule has 14 heteroatoms. The zero-order valence-corrected chi connectivity index (χ0v) is 32.2. The van der Waals surface area contributed by atoms with Gasteiger partial charge in [-0.25, -0.2) is 0 Å². The van der Waals surface area contributed by atoms with E-state index >= 15 is 0 Å². The molecule has 1 unspecified atom stereocenters. The van der Waals surface area contributed by atoms with E-state index in [1.54, 1.807) is 24.4 Å². The van der Waals surface area contributed by atoms with E-state index < -0.39 is 18.1 Å². The summed E-state index contributed by atoms with van der Waals surface area (Å²) in [5.74, 6) is -0.479. The Morgan fingerprint density at radius 2 is 1.83 bits per heavy atom. The molecule has 1 aliphatic rings. The number of carboxylic acids is 1. The summed E-state index contributed by atoms with van der Waals surface area (Å²) in [5, 5.41) is 47.5. The third-order valence-corrected chi connectivity index (χ3v) is 10.9. The van der Waals surface area contributed by atoms with Gasteiger partial charge in [-0.2, -0.15) is 10.4 Å². The van der Waals surface area contributed by atoms with Crippen LogP contribution in [-0.4, -0.2) is 78.8 Å². The fourth-order valence-corrected chi connectivity index (χ4v) is 7.25. The quantitative estimate of drug-likeness (QED) is 0.0777. The van der Waals surface area contributed by atoms with Gasteiger partial charge in [0.15, 0.2) is 0 Å². The van der Waals surface area contributed by atoms with E-state index in [1.165, 1.54) is 13.1 Å². The van der Waals surface area contributed by atoms with Crippen molar-refractivity contribution in [3.63, 3.8) is 0 Å². The van der Waals surface area contributed by atoms with Crippen LogP contribution in [0.4, 0.5) is 0 Å². The minimum atomic E-state index is -1.59. The number of nitrogens with one attached hydrogen (secondary N) is 1. The van der Waals surface area contributed by atoms with Gasteiger partial charge in [0.25, 0.3) is 0 Å². The van der Waals surface area contributed by atoms with Crippen molar-refractivity contribution in [1.82, 2.24) is 25.0 Å². The molecule has 0 radical (unpaired) electrons. The number of hydrogen-bond acceptors (Lipinski definition) is 10. The Morgan fingerprint density at radius 1 is 1.06 bits per heavy atom. The Hall–Kier alpha value is -4.55. The molecule has 12 nitrogen and oxygen atoms in total. The van der Waals surface area contributed by atoms with Crippen molar-refractivity contribution < 1.29 is 29.6 Å². The molecule has 1 fully saturated rings. The molecule has 54 heavy (non-hydrogen) atoms. The number of ether oxygens (including phenoxy) is 2. The Kier molecular flexibility index (Phi) is 12.9. The zero-order chi connectivity index (χ0) is 38.2. The maximum atomic E-state index is 11.8. The number of pyridine rings is 1. The average molecular weight is 818 g/mol. The first-order valence-electron chi connectivity index (χ1n) is 17.7. The molecule has 1 aliphatic heterocycles. The number of nitrogens with zero attached hydrogens (tertiary/aromatic N) is 5. The van der Waals surface area contributed by atoms with Gasteiger partial charge in [-0.3, -0.25) is 19.8 Å². The number of carboxylic acid groups (broad SMARTS) is 1. The second-order valence-electron chi connectivity index (χ2n) is 13.6. The number of unbranched alkanes of at least 4 members (excludes halogenated alkanes) is 1. The van der Waals surface area contributed by atoms with Gasteiger partial charge in [-0.05, 0) is 78.0 Å². The lowest BCUT2D eigenvalue weighted by Gasteiger charge is -2.25. The van der Waals surface area contributed by atoms with E-state index in [-0.39, 0.29) is 30.9 Å². The summed E-state index contributed by atoms with van der Waals surface area (Å²) in [6.07, 6.45) is 7.67. The lowest BCUT2D eigenvalue weighted by Crippen LogP contribution is -2.52. The number of likely N-dealkylation sites (tertiary alicyclic amines) is 1. The number of aromatic nitrogens is 3. The monoisotopic (exact) mass is 816 g/mol. The molecular weight excluding hydrogens is 776 g/mol. The first-order valence-corrected chi connectivity index (χ1v) is 18.9. The molecule has 5 aromatic rings. The lowest BCUT2D eigenvalue weighted by atomic mass is 10.00. The molecule has 282 valence electrons. The van der Waals surface area contributed by atoms with Crippen LogP contribution in [0.25, 0.3) is 22.0 Å². The molecule has 0 spiro atoms. The van der Waals surface area contributed by atoms with Gasteiger partial charge < -0.3 is 29.7 Å². The van der Waals surface area contributed by atoms with Crippen LogP contribution in [-0.2, 0) is 31.1 Å². The van der Waals surface area contributed by atoms with Crippen molar-refractivity contribution in [2.45, 2.75) is 64.1 Å². The Labute approximate surface area is 327 Å². The smallest absolute Gasteiger partial charge is 0.326 e. The normalized spacial score (nSPS) is 15.6. The molecule has 2 aromatic heterocycles. The van der Waals surface area contributed by atoms with E-state index in [0.717, 1.165) is 77.5 Å². The van der Waals surface area contributed by atoms with Crippen molar-refractivity contribution in [2.75, 3.05) is 26.2 Å². The highest BCUT2D eigenvalue weighted by molar-refractivity contribution is 9.10. The summed E-state index contributed by atoms with van der Waals surface area (Å²) in [6, 6.07) is 19.2.